The van der Waals surface area contributed by atoms with E-state index < -0.39 is 36.4 Å². The van der Waals surface area contributed by atoms with Crippen molar-refractivity contribution in [1.29, 1.82) is 5.26 Å². The van der Waals surface area contributed by atoms with Gasteiger partial charge in [-0.1, -0.05) is 0 Å². The van der Waals surface area contributed by atoms with E-state index in [0.29, 0.717) is 0 Å². The first kappa shape index (κ1) is 23.0. The van der Waals surface area contributed by atoms with Gasteiger partial charge in [0.15, 0.2) is 5.60 Å². The Bertz CT molecular complexity index is 339. The second kappa shape index (κ2) is 11.9. The lowest BCUT2D eigenvalue weighted by atomic mass is 9.96. The second-order valence-corrected chi connectivity index (χ2v) is 3.80. The van der Waals surface area contributed by atoms with Crippen LogP contribution in [-0.2, 0) is 14.4 Å². The number of aliphatic carboxylic acids is 3. The average molecular weight is 293 g/mol. The number of nitriles is 1. The van der Waals surface area contributed by atoms with Gasteiger partial charge in [-0.05, 0) is 13.8 Å². The maximum absolute atomic E-state index is 10.3. The minimum absolute atomic E-state index is 0.167. The lowest BCUT2D eigenvalue weighted by Gasteiger charge is -2.18. The zero-order chi connectivity index (χ0) is 16.9. The summed E-state index contributed by atoms with van der Waals surface area (Å²) in [4.78, 5) is 30.5. The number of carbonyl (C=O) groups is 3. The lowest BCUT2D eigenvalue weighted by molar-refractivity contribution is -0.170. The minimum Gasteiger partial charge on any atom is -0.481 e. The van der Waals surface area contributed by atoms with Crippen LogP contribution >= 0.6 is 0 Å². The van der Waals surface area contributed by atoms with Crippen LogP contribution in [0.15, 0.2) is 0 Å². The van der Waals surface area contributed by atoms with Gasteiger partial charge in [0.25, 0.3) is 0 Å². The Kier molecular flexibility index (Phi) is 13.6. The summed E-state index contributed by atoms with van der Waals surface area (Å²) in [7, 11) is 0. The third-order valence-electron chi connectivity index (χ3n) is 1.29. The molecule has 0 aliphatic carbocycles. The quantitative estimate of drug-likeness (QED) is 0.454. The molecule has 0 heterocycles. The first-order chi connectivity index (χ1) is 8.92. The molecule has 9 heteroatoms. The molecule has 0 unspecified atom stereocenters. The predicted octanol–water partition coefficient (Wildman–Crippen LogP) is -0.332. The van der Waals surface area contributed by atoms with Crippen molar-refractivity contribution in [2.75, 3.05) is 0 Å². The van der Waals surface area contributed by atoms with E-state index in [1.54, 1.807) is 19.9 Å². The standard InChI is InChI=1S/C6H8O7.C3H8O.C2H3N/c7-3(8)1-6(13,5(11)12)2-4(9)10;1-3(2)4;1-2-3/h13H,1-2H2,(H,7,8)(H,9,10)(H,11,12);3-4H,1-2H3;1H3. The maximum Gasteiger partial charge on any atom is 0.336 e. The third-order valence-corrected chi connectivity index (χ3v) is 1.29. The van der Waals surface area contributed by atoms with E-state index in [2.05, 4.69) is 0 Å². The Morgan fingerprint density at radius 2 is 1.30 bits per heavy atom. The van der Waals surface area contributed by atoms with Crippen LogP contribution in [0.2, 0.25) is 0 Å². The molecule has 0 aromatic rings. The Labute approximate surface area is 115 Å². The predicted molar refractivity (Wildman–Crippen MR) is 65.7 cm³/mol. The molecule has 9 nitrogen and oxygen atoms in total. The number of aliphatic hydroxyl groups excluding tert-OH is 1. The smallest absolute Gasteiger partial charge is 0.336 e. The molecule has 0 saturated heterocycles. The molecule has 0 bridgehead atoms. The SMILES string of the molecule is CC#N.CC(C)O.O=C(O)CC(O)(CC(=O)O)C(=O)O. The van der Waals surface area contributed by atoms with Crippen molar-refractivity contribution in [2.45, 2.75) is 45.3 Å². The number of rotatable bonds is 5. The van der Waals surface area contributed by atoms with Crippen molar-refractivity contribution in [3.8, 4) is 6.07 Å². The lowest BCUT2D eigenvalue weighted by Crippen LogP contribution is -2.42. The van der Waals surface area contributed by atoms with Gasteiger partial charge in [0, 0.05) is 13.0 Å². The van der Waals surface area contributed by atoms with E-state index in [1.807, 2.05) is 0 Å². The zero-order valence-corrected chi connectivity index (χ0v) is 11.4. The van der Waals surface area contributed by atoms with Crippen LogP contribution in [0.25, 0.3) is 0 Å². The molecule has 116 valence electrons. The molecule has 0 rings (SSSR count). The highest BCUT2D eigenvalue weighted by Gasteiger charge is 2.40. The van der Waals surface area contributed by atoms with Crippen LogP contribution in [0.1, 0.15) is 33.6 Å². The highest BCUT2D eigenvalue weighted by Crippen LogP contribution is 2.15. The van der Waals surface area contributed by atoms with Crippen LogP contribution in [0.5, 0.6) is 0 Å². The maximum atomic E-state index is 10.3. The number of aliphatic hydroxyl groups is 2. The first-order valence-corrected chi connectivity index (χ1v) is 5.31. The Morgan fingerprint density at radius 3 is 1.40 bits per heavy atom. The van der Waals surface area contributed by atoms with Gasteiger partial charge in [0.05, 0.1) is 18.9 Å². The molecule has 5 N–H and O–H groups in total. The average Bonchev–Trinajstić information content (AvgIpc) is 2.14. The number of carboxylic acids is 3. The first-order valence-electron chi connectivity index (χ1n) is 5.31. The van der Waals surface area contributed by atoms with Gasteiger partial charge in [-0.25, -0.2) is 4.79 Å². The number of nitrogens with zero attached hydrogens (tertiary/aromatic N) is 1. The topological polar surface area (TPSA) is 176 Å². The molecule has 0 aliphatic heterocycles. The minimum atomic E-state index is -2.74. The van der Waals surface area contributed by atoms with Gasteiger partial charge in [-0.3, -0.25) is 9.59 Å². The van der Waals surface area contributed by atoms with E-state index in [1.165, 1.54) is 6.92 Å². The van der Waals surface area contributed by atoms with Crippen LogP contribution in [-0.4, -0.2) is 55.1 Å². The molecule has 0 atom stereocenters. The molecule has 0 spiro atoms. The van der Waals surface area contributed by atoms with Gasteiger partial charge in [-0.15, -0.1) is 0 Å². The van der Waals surface area contributed by atoms with Crippen molar-refractivity contribution in [1.82, 2.24) is 0 Å². The second-order valence-electron chi connectivity index (χ2n) is 3.80. The molecule has 0 aliphatic rings. The molecule has 0 radical (unpaired) electrons. The molecule has 0 amide bonds. The van der Waals surface area contributed by atoms with Gasteiger partial charge in [0.2, 0.25) is 0 Å². The number of hydrogen-bond donors (Lipinski definition) is 5. The summed E-state index contributed by atoms with van der Waals surface area (Å²) in [5.41, 5.74) is -2.74. The van der Waals surface area contributed by atoms with Gasteiger partial charge in [0.1, 0.15) is 0 Å². The monoisotopic (exact) mass is 293 g/mol. The Balaban J connectivity index is -0.000000343. The summed E-state index contributed by atoms with van der Waals surface area (Å²) in [6.45, 7) is 4.88. The highest BCUT2D eigenvalue weighted by molar-refractivity contribution is 5.88. The summed E-state index contributed by atoms with van der Waals surface area (Å²) < 4.78 is 0. The van der Waals surface area contributed by atoms with Crippen molar-refractivity contribution >= 4 is 17.9 Å². The molecular weight excluding hydrogens is 274 g/mol. The normalized spacial score (nSPS) is 9.25. The summed E-state index contributed by atoms with van der Waals surface area (Å²) in [6, 6.07) is 1.75. The van der Waals surface area contributed by atoms with Crippen molar-refractivity contribution in [3.05, 3.63) is 0 Å². The number of hydrogen-bond acceptors (Lipinski definition) is 6. The van der Waals surface area contributed by atoms with E-state index >= 15 is 0 Å². The van der Waals surface area contributed by atoms with Crippen LogP contribution < -0.4 is 0 Å². The highest BCUT2D eigenvalue weighted by atomic mass is 16.4. The van der Waals surface area contributed by atoms with Crippen LogP contribution in [0.4, 0.5) is 0 Å². The summed E-state index contributed by atoms with van der Waals surface area (Å²) >= 11 is 0. The largest absolute Gasteiger partial charge is 0.481 e. The van der Waals surface area contributed by atoms with Gasteiger partial charge < -0.3 is 25.5 Å². The fourth-order valence-electron chi connectivity index (χ4n) is 0.714. The molecule has 0 fully saturated rings. The van der Waals surface area contributed by atoms with Crippen molar-refractivity contribution in [3.63, 3.8) is 0 Å². The van der Waals surface area contributed by atoms with Crippen molar-refractivity contribution in [2.24, 2.45) is 0 Å². The van der Waals surface area contributed by atoms with Crippen LogP contribution in [0, 0.1) is 11.3 Å². The van der Waals surface area contributed by atoms with Gasteiger partial charge >= 0.3 is 17.9 Å². The molecule has 0 aromatic heterocycles. The fraction of sp³-hybridized carbons (Fsp3) is 0.636. The van der Waals surface area contributed by atoms with E-state index in [-0.39, 0.29) is 6.10 Å². The molecule has 0 saturated carbocycles. The van der Waals surface area contributed by atoms with Crippen molar-refractivity contribution < 1.29 is 39.9 Å². The van der Waals surface area contributed by atoms with Gasteiger partial charge in [-0.2, -0.15) is 5.26 Å². The summed E-state index contributed by atoms with van der Waals surface area (Å²) in [5, 5.41) is 49.2. The summed E-state index contributed by atoms with van der Waals surface area (Å²) in [6.07, 6.45) is -2.46. The van der Waals surface area contributed by atoms with E-state index in [0.717, 1.165) is 0 Å². The number of carboxylic acid groups (broad SMARTS) is 3. The fourth-order valence-corrected chi connectivity index (χ4v) is 0.714. The molecule has 20 heavy (non-hydrogen) atoms. The zero-order valence-electron chi connectivity index (χ0n) is 11.4. The third kappa shape index (κ3) is 18.2. The van der Waals surface area contributed by atoms with E-state index in [9.17, 15) is 14.4 Å². The summed E-state index contributed by atoms with van der Waals surface area (Å²) in [5.74, 6) is -5.02. The molecular formula is C11H19NO8. The Morgan fingerprint density at radius 1 is 1.10 bits per heavy atom. The molecule has 0 aromatic carbocycles. The van der Waals surface area contributed by atoms with E-state index in [4.69, 9.17) is 30.8 Å². The van der Waals surface area contributed by atoms with Crippen LogP contribution in [0.3, 0.4) is 0 Å². The Hall–Kier alpha value is -2.18.